The molecule has 0 aliphatic carbocycles. The number of rotatable bonds is 7. The highest BCUT2D eigenvalue weighted by molar-refractivity contribution is 5.81. The van der Waals surface area contributed by atoms with Crippen LogP contribution in [0.3, 0.4) is 0 Å². The minimum Gasteiger partial charge on any atom is -0.481 e. The van der Waals surface area contributed by atoms with Crippen molar-refractivity contribution in [2.45, 2.75) is 39.3 Å². The topological polar surface area (TPSA) is 47.6 Å². The third kappa shape index (κ3) is 5.30. The van der Waals surface area contributed by atoms with Crippen molar-refractivity contribution in [1.82, 2.24) is 5.32 Å². The van der Waals surface area contributed by atoms with Crippen LogP contribution in [0.1, 0.15) is 25.8 Å². The number of methoxy groups -OCH3 is 1. The van der Waals surface area contributed by atoms with Crippen LogP contribution in [0.15, 0.2) is 24.3 Å². The number of aryl methyl sites for hydroxylation is 1. The SMILES string of the molecule is CC[C@@H](Oc1ccc(C)cc1)C(=O)N[C@H](C)COC. The molecule has 0 fully saturated rings. The van der Waals surface area contributed by atoms with Crippen LogP contribution in [0.2, 0.25) is 0 Å². The first kappa shape index (κ1) is 15.5. The Morgan fingerprint density at radius 3 is 2.47 bits per heavy atom. The lowest BCUT2D eigenvalue weighted by atomic mass is 10.2. The maximum Gasteiger partial charge on any atom is 0.261 e. The Labute approximate surface area is 115 Å². The standard InChI is InChI=1S/C15H23NO3/c1-5-14(15(17)16-12(3)10-18-4)19-13-8-6-11(2)7-9-13/h6-9,12,14H,5,10H2,1-4H3,(H,16,17)/t12-,14-/m1/s1. The molecule has 4 heteroatoms. The van der Waals surface area contributed by atoms with Gasteiger partial charge in [-0.1, -0.05) is 24.6 Å². The van der Waals surface area contributed by atoms with Gasteiger partial charge in [0.15, 0.2) is 6.10 Å². The van der Waals surface area contributed by atoms with Gasteiger partial charge >= 0.3 is 0 Å². The summed E-state index contributed by atoms with van der Waals surface area (Å²) in [7, 11) is 1.61. The number of ether oxygens (including phenoxy) is 2. The largest absolute Gasteiger partial charge is 0.481 e. The van der Waals surface area contributed by atoms with Crippen molar-refractivity contribution in [3.63, 3.8) is 0 Å². The van der Waals surface area contributed by atoms with E-state index in [1.807, 2.05) is 45.0 Å². The van der Waals surface area contributed by atoms with E-state index in [4.69, 9.17) is 9.47 Å². The Morgan fingerprint density at radius 2 is 1.95 bits per heavy atom. The van der Waals surface area contributed by atoms with E-state index >= 15 is 0 Å². The van der Waals surface area contributed by atoms with Crippen LogP contribution < -0.4 is 10.1 Å². The van der Waals surface area contributed by atoms with Gasteiger partial charge in [0.25, 0.3) is 5.91 Å². The summed E-state index contributed by atoms with van der Waals surface area (Å²) in [5, 5.41) is 2.87. The molecule has 0 aliphatic heterocycles. The molecule has 1 N–H and O–H groups in total. The quantitative estimate of drug-likeness (QED) is 0.823. The fourth-order valence-corrected chi connectivity index (χ4v) is 1.73. The van der Waals surface area contributed by atoms with Crippen LogP contribution in [-0.4, -0.2) is 31.8 Å². The number of carbonyl (C=O) groups excluding carboxylic acids is 1. The Balaban J connectivity index is 2.57. The van der Waals surface area contributed by atoms with E-state index in [1.165, 1.54) is 5.56 Å². The molecular weight excluding hydrogens is 242 g/mol. The maximum absolute atomic E-state index is 12.0. The van der Waals surface area contributed by atoms with Gasteiger partial charge in [-0.05, 0) is 32.4 Å². The van der Waals surface area contributed by atoms with Crippen LogP contribution in [0, 0.1) is 6.92 Å². The molecular formula is C15H23NO3. The van der Waals surface area contributed by atoms with E-state index in [2.05, 4.69) is 5.32 Å². The maximum atomic E-state index is 12.0. The zero-order chi connectivity index (χ0) is 14.3. The Kier molecular flexibility index (Phi) is 6.36. The summed E-state index contributed by atoms with van der Waals surface area (Å²) in [5.41, 5.74) is 1.17. The zero-order valence-corrected chi connectivity index (χ0v) is 12.1. The third-order valence-electron chi connectivity index (χ3n) is 2.77. The molecule has 0 saturated carbocycles. The molecule has 0 aromatic heterocycles. The van der Waals surface area contributed by atoms with E-state index < -0.39 is 6.10 Å². The second kappa shape index (κ2) is 7.79. The van der Waals surface area contributed by atoms with Crippen LogP contribution in [-0.2, 0) is 9.53 Å². The van der Waals surface area contributed by atoms with E-state index in [0.717, 1.165) is 0 Å². The minimum atomic E-state index is -0.470. The predicted octanol–water partition coefficient (Wildman–Crippen LogP) is 2.30. The summed E-state index contributed by atoms with van der Waals surface area (Å²) in [6, 6.07) is 7.67. The number of benzene rings is 1. The van der Waals surface area contributed by atoms with Gasteiger partial charge in [0.2, 0.25) is 0 Å². The van der Waals surface area contributed by atoms with Crippen molar-refractivity contribution < 1.29 is 14.3 Å². The Bertz CT molecular complexity index is 389. The monoisotopic (exact) mass is 265 g/mol. The minimum absolute atomic E-state index is 0.0202. The molecule has 0 bridgehead atoms. The highest BCUT2D eigenvalue weighted by atomic mass is 16.5. The lowest BCUT2D eigenvalue weighted by Crippen LogP contribution is -2.44. The number of hydrogen-bond donors (Lipinski definition) is 1. The summed E-state index contributed by atoms with van der Waals surface area (Å²) in [4.78, 5) is 12.0. The second-order valence-electron chi connectivity index (χ2n) is 4.69. The average molecular weight is 265 g/mol. The highest BCUT2D eigenvalue weighted by Gasteiger charge is 2.19. The van der Waals surface area contributed by atoms with Crippen LogP contribution in [0.5, 0.6) is 5.75 Å². The Morgan fingerprint density at radius 1 is 1.32 bits per heavy atom. The van der Waals surface area contributed by atoms with Crippen molar-refractivity contribution >= 4 is 5.91 Å². The lowest BCUT2D eigenvalue weighted by Gasteiger charge is -2.20. The van der Waals surface area contributed by atoms with Crippen molar-refractivity contribution in [2.75, 3.05) is 13.7 Å². The molecule has 19 heavy (non-hydrogen) atoms. The summed E-state index contributed by atoms with van der Waals surface area (Å²) in [5.74, 6) is 0.611. The van der Waals surface area contributed by atoms with Crippen molar-refractivity contribution in [3.05, 3.63) is 29.8 Å². The molecule has 0 saturated heterocycles. The van der Waals surface area contributed by atoms with Gasteiger partial charge in [-0.25, -0.2) is 0 Å². The van der Waals surface area contributed by atoms with E-state index in [9.17, 15) is 4.79 Å². The van der Waals surface area contributed by atoms with Crippen LogP contribution >= 0.6 is 0 Å². The van der Waals surface area contributed by atoms with Gasteiger partial charge in [0.1, 0.15) is 5.75 Å². The molecule has 0 aliphatic rings. The molecule has 0 unspecified atom stereocenters. The first-order chi connectivity index (χ1) is 9.06. The van der Waals surface area contributed by atoms with Gasteiger partial charge in [-0.2, -0.15) is 0 Å². The fraction of sp³-hybridized carbons (Fsp3) is 0.533. The van der Waals surface area contributed by atoms with Gasteiger partial charge in [0.05, 0.1) is 6.61 Å². The van der Waals surface area contributed by atoms with Gasteiger partial charge in [0, 0.05) is 13.2 Å². The van der Waals surface area contributed by atoms with Crippen molar-refractivity contribution in [1.29, 1.82) is 0 Å². The lowest BCUT2D eigenvalue weighted by molar-refractivity contribution is -0.129. The van der Waals surface area contributed by atoms with Gasteiger partial charge < -0.3 is 14.8 Å². The summed E-state index contributed by atoms with van der Waals surface area (Å²) >= 11 is 0. The normalized spacial score (nSPS) is 13.7. The molecule has 106 valence electrons. The van der Waals surface area contributed by atoms with E-state index in [-0.39, 0.29) is 11.9 Å². The number of hydrogen-bond acceptors (Lipinski definition) is 3. The van der Waals surface area contributed by atoms with E-state index in [0.29, 0.717) is 18.8 Å². The van der Waals surface area contributed by atoms with Gasteiger partial charge in [-0.3, -0.25) is 4.79 Å². The molecule has 4 nitrogen and oxygen atoms in total. The van der Waals surface area contributed by atoms with Crippen molar-refractivity contribution in [2.24, 2.45) is 0 Å². The first-order valence-electron chi connectivity index (χ1n) is 6.59. The molecule has 1 rings (SSSR count). The highest BCUT2D eigenvalue weighted by Crippen LogP contribution is 2.14. The fourth-order valence-electron chi connectivity index (χ4n) is 1.73. The molecule has 1 amide bonds. The van der Waals surface area contributed by atoms with Crippen molar-refractivity contribution in [3.8, 4) is 5.75 Å². The first-order valence-corrected chi connectivity index (χ1v) is 6.59. The molecule has 2 atom stereocenters. The predicted molar refractivity (Wildman–Crippen MR) is 75.4 cm³/mol. The summed E-state index contributed by atoms with van der Waals surface area (Å²) in [6.07, 6.45) is 0.154. The summed E-state index contributed by atoms with van der Waals surface area (Å²) in [6.45, 7) is 6.34. The summed E-state index contributed by atoms with van der Waals surface area (Å²) < 4.78 is 10.7. The number of amides is 1. The molecule has 1 aromatic rings. The smallest absolute Gasteiger partial charge is 0.261 e. The number of nitrogens with one attached hydrogen (secondary N) is 1. The number of carbonyl (C=O) groups is 1. The van der Waals surface area contributed by atoms with Crippen LogP contribution in [0.4, 0.5) is 0 Å². The molecule has 1 aromatic carbocycles. The Hall–Kier alpha value is -1.55. The third-order valence-corrected chi connectivity index (χ3v) is 2.77. The molecule has 0 heterocycles. The average Bonchev–Trinajstić information content (AvgIpc) is 2.38. The second-order valence-corrected chi connectivity index (χ2v) is 4.69. The van der Waals surface area contributed by atoms with Gasteiger partial charge in [-0.15, -0.1) is 0 Å². The van der Waals surface area contributed by atoms with Crippen LogP contribution in [0.25, 0.3) is 0 Å². The molecule has 0 radical (unpaired) electrons. The zero-order valence-electron chi connectivity index (χ0n) is 12.1. The van der Waals surface area contributed by atoms with E-state index in [1.54, 1.807) is 7.11 Å². The molecule has 0 spiro atoms.